The van der Waals surface area contributed by atoms with E-state index in [2.05, 4.69) is 10.3 Å². The van der Waals surface area contributed by atoms with E-state index in [0.29, 0.717) is 50.8 Å². The maximum Gasteiger partial charge on any atom is 0.315 e. The number of nitrogens with zero attached hydrogens (tertiary/aromatic N) is 2. The Kier molecular flexibility index (Phi) is 8.44. The second-order valence-electron chi connectivity index (χ2n) is 12.2. The maximum atomic E-state index is 13.0. The highest BCUT2D eigenvalue weighted by atomic mass is 19.3. The van der Waals surface area contributed by atoms with Gasteiger partial charge in [0.25, 0.3) is 5.91 Å². The molecule has 222 valence electrons. The van der Waals surface area contributed by atoms with Crippen molar-refractivity contribution < 1.29 is 23.5 Å². The van der Waals surface area contributed by atoms with Gasteiger partial charge in [0.15, 0.2) is 0 Å². The number of amides is 2. The summed E-state index contributed by atoms with van der Waals surface area (Å²) < 4.78 is 25.6. The fraction of sp³-hybridized carbons (Fsp3) is 0.424. The number of carbonyl (C=O) groups excluding carboxylic acids is 2. The molecule has 0 saturated heterocycles. The third-order valence-electron chi connectivity index (χ3n) is 8.79. The molecule has 2 fully saturated rings. The molecule has 2 aliphatic rings. The second kappa shape index (κ2) is 11.9. The molecule has 7 nitrogen and oxygen atoms in total. The number of pyridine rings is 1. The summed E-state index contributed by atoms with van der Waals surface area (Å²) in [4.78, 5) is 30.3. The van der Waals surface area contributed by atoms with E-state index < -0.39 is 23.5 Å². The van der Waals surface area contributed by atoms with Crippen molar-refractivity contribution in [1.29, 1.82) is 0 Å². The zero-order chi connectivity index (χ0) is 30.1. The van der Waals surface area contributed by atoms with E-state index in [-0.39, 0.29) is 17.9 Å². The normalized spacial score (nSPS) is 25.5. The molecule has 0 atom stereocenters. The predicted molar refractivity (Wildman–Crippen MR) is 159 cm³/mol. The highest BCUT2D eigenvalue weighted by Gasteiger charge is 2.49. The SMILES string of the molecule is CN(C(=O)C(F)F)C1CCC(CC(=O)Nc2cc(-c3ccccc3)c(-c3ccc(C4(N)CC(C)(O)C4)cc3)cn2)CC1. The van der Waals surface area contributed by atoms with Gasteiger partial charge < -0.3 is 21.1 Å². The first kappa shape index (κ1) is 29.8. The van der Waals surface area contributed by atoms with E-state index in [1.165, 1.54) is 7.05 Å². The smallest absolute Gasteiger partial charge is 0.315 e. The van der Waals surface area contributed by atoms with Crippen LogP contribution in [-0.4, -0.2) is 51.9 Å². The molecule has 2 saturated carbocycles. The predicted octanol–water partition coefficient (Wildman–Crippen LogP) is 5.73. The van der Waals surface area contributed by atoms with Crippen LogP contribution in [0.25, 0.3) is 22.3 Å². The van der Waals surface area contributed by atoms with Crippen molar-refractivity contribution in [3.05, 3.63) is 72.4 Å². The van der Waals surface area contributed by atoms with E-state index in [1.807, 2.05) is 60.7 Å². The van der Waals surface area contributed by atoms with Crippen LogP contribution in [0.2, 0.25) is 0 Å². The molecule has 0 radical (unpaired) electrons. The number of carbonyl (C=O) groups is 2. The van der Waals surface area contributed by atoms with Crippen molar-refractivity contribution >= 4 is 17.6 Å². The van der Waals surface area contributed by atoms with E-state index in [9.17, 15) is 23.5 Å². The molecule has 0 bridgehead atoms. The van der Waals surface area contributed by atoms with Crippen LogP contribution >= 0.6 is 0 Å². The number of aromatic nitrogens is 1. The van der Waals surface area contributed by atoms with Crippen LogP contribution in [0.3, 0.4) is 0 Å². The zero-order valence-corrected chi connectivity index (χ0v) is 24.0. The summed E-state index contributed by atoms with van der Waals surface area (Å²) in [6.45, 7) is 1.80. The van der Waals surface area contributed by atoms with Crippen LogP contribution in [0.5, 0.6) is 0 Å². The minimum absolute atomic E-state index is 0.118. The number of aliphatic hydroxyl groups is 1. The Labute approximate surface area is 245 Å². The van der Waals surface area contributed by atoms with Gasteiger partial charge in [0.1, 0.15) is 5.82 Å². The first-order valence-electron chi connectivity index (χ1n) is 14.5. The van der Waals surface area contributed by atoms with Crippen molar-refractivity contribution in [2.24, 2.45) is 11.7 Å². The number of alkyl halides is 2. The number of nitrogens with one attached hydrogen (secondary N) is 1. The molecule has 4 N–H and O–H groups in total. The van der Waals surface area contributed by atoms with Gasteiger partial charge in [0.05, 0.1) is 5.60 Å². The maximum absolute atomic E-state index is 13.0. The van der Waals surface area contributed by atoms with Gasteiger partial charge in [-0.15, -0.1) is 0 Å². The lowest BCUT2D eigenvalue weighted by Crippen LogP contribution is -2.58. The van der Waals surface area contributed by atoms with Crippen LogP contribution in [0, 0.1) is 5.92 Å². The molecule has 2 amide bonds. The fourth-order valence-corrected chi connectivity index (χ4v) is 6.63. The van der Waals surface area contributed by atoms with Gasteiger partial charge >= 0.3 is 6.43 Å². The topological polar surface area (TPSA) is 109 Å². The highest BCUT2D eigenvalue weighted by Crippen LogP contribution is 2.46. The fourth-order valence-electron chi connectivity index (χ4n) is 6.63. The summed E-state index contributed by atoms with van der Waals surface area (Å²) in [5.41, 5.74) is 10.0. The van der Waals surface area contributed by atoms with Gasteiger partial charge in [0, 0.05) is 36.8 Å². The summed E-state index contributed by atoms with van der Waals surface area (Å²) in [5.74, 6) is -0.726. The molecule has 5 rings (SSSR count). The number of nitrogens with two attached hydrogens (primary N) is 1. The average Bonchev–Trinajstić information content (AvgIpc) is 2.96. The minimum atomic E-state index is -3.00. The first-order valence-corrected chi connectivity index (χ1v) is 14.5. The van der Waals surface area contributed by atoms with Crippen LogP contribution in [0.1, 0.15) is 57.4 Å². The van der Waals surface area contributed by atoms with Crippen molar-refractivity contribution in [3.8, 4) is 22.3 Å². The van der Waals surface area contributed by atoms with E-state index in [4.69, 9.17) is 5.73 Å². The molecule has 2 aliphatic carbocycles. The average molecular weight is 577 g/mol. The van der Waals surface area contributed by atoms with E-state index in [1.54, 1.807) is 13.1 Å². The van der Waals surface area contributed by atoms with E-state index in [0.717, 1.165) is 32.7 Å². The Morgan fingerprint density at radius 1 is 1.02 bits per heavy atom. The van der Waals surface area contributed by atoms with Crippen molar-refractivity contribution in [2.45, 2.75) is 75.5 Å². The van der Waals surface area contributed by atoms with Crippen molar-refractivity contribution in [2.75, 3.05) is 12.4 Å². The Morgan fingerprint density at radius 2 is 1.64 bits per heavy atom. The molecule has 0 unspecified atom stereocenters. The highest BCUT2D eigenvalue weighted by molar-refractivity contribution is 5.92. The number of anilines is 1. The summed E-state index contributed by atoms with van der Waals surface area (Å²) in [6.07, 6.45) is 2.68. The van der Waals surface area contributed by atoms with Gasteiger partial charge in [-0.05, 0) is 79.7 Å². The number of hydrogen-bond donors (Lipinski definition) is 3. The molecule has 1 aromatic heterocycles. The number of benzene rings is 2. The monoisotopic (exact) mass is 576 g/mol. The number of rotatable bonds is 8. The summed E-state index contributed by atoms with van der Waals surface area (Å²) in [6, 6.07) is 19.6. The van der Waals surface area contributed by atoms with Gasteiger partial charge in [-0.25, -0.2) is 4.98 Å². The summed E-state index contributed by atoms with van der Waals surface area (Å²) in [7, 11) is 1.43. The Bertz CT molecular complexity index is 1410. The van der Waals surface area contributed by atoms with Gasteiger partial charge in [-0.1, -0.05) is 54.6 Å². The number of hydrogen-bond acceptors (Lipinski definition) is 5. The Morgan fingerprint density at radius 3 is 2.24 bits per heavy atom. The van der Waals surface area contributed by atoms with Crippen LogP contribution in [0.4, 0.5) is 14.6 Å². The lowest BCUT2D eigenvalue weighted by molar-refractivity contribution is -0.144. The van der Waals surface area contributed by atoms with Crippen LogP contribution in [-0.2, 0) is 15.1 Å². The zero-order valence-electron chi connectivity index (χ0n) is 24.0. The largest absolute Gasteiger partial charge is 0.390 e. The third kappa shape index (κ3) is 6.52. The number of halogens is 2. The van der Waals surface area contributed by atoms with Crippen LogP contribution in [0.15, 0.2) is 66.9 Å². The minimum Gasteiger partial charge on any atom is -0.390 e. The quantitative estimate of drug-likeness (QED) is 0.318. The summed E-state index contributed by atoms with van der Waals surface area (Å²) in [5, 5.41) is 13.1. The Balaban J connectivity index is 1.27. The van der Waals surface area contributed by atoms with Gasteiger partial charge in [-0.3, -0.25) is 9.59 Å². The van der Waals surface area contributed by atoms with Gasteiger partial charge in [0.2, 0.25) is 5.91 Å². The van der Waals surface area contributed by atoms with Crippen molar-refractivity contribution in [3.63, 3.8) is 0 Å². The molecule has 0 aliphatic heterocycles. The lowest BCUT2D eigenvalue weighted by atomic mass is 9.63. The van der Waals surface area contributed by atoms with Crippen molar-refractivity contribution in [1.82, 2.24) is 9.88 Å². The second-order valence-corrected chi connectivity index (χ2v) is 12.2. The summed E-state index contributed by atoms with van der Waals surface area (Å²) >= 11 is 0. The Hall–Kier alpha value is -3.69. The molecule has 42 heavy (non-hydrogen) atoms. The molecule has 0 spiro atoms. The molecular formula is C33H38F2N4O3. The van der Waals surface area contributed by atoms with Crippen LogP contribution < -0.4 is 11.1 Å². The molecule has 2 aromatic carbocycles. The molecule has 9 heteroatoms. The first-order chi connectivity index (χ1) is 19.9. The third-order valence-corrected chi connectivity index (χ3v) is 8.79. The lowest BCUT2D eigenvalue weighted by Gasteiger charge is -2.49. The molecular weight excluding hydrogens is 538 g/mol. The molecule has 1 heterocycles. The van der Waals surface area contributed by atoms with Gasteiger partial charge in [-0.2, -0.15) is 8.78 Å². The standard InChI is InChI=1S/C33H38F2N4O3/c1-32(42)19-33(36,20-32)24-12-10-23(11-13-24)27-18-37-28(17-26(27)22-6-4-3-5-7-22)38-29(40)16-21-8-14-25(15-9-21)39(2)31(41)30(34)35/h3-7,10-13,17-18,21,25,30,42H,8-9,14-16,19-20,36H2,1-2H3,(H,37,38,40). The van der Waals surface area contributed by atoms with E-state index >= 15 is 0 Å². The molecule has 3 aromatic rings.